The Hall–Kier alpha value is -3.19. The van der Waals surface area contributed by atoms with E-state index >= 15 is 0 Å². The minimum atomic E-state index is -0.833. The van der Waals surface area contributed by atoms with Crippen molar-refractivity contribution in [1.82, 2.24) is 0 Å². The number of esters is 2. The first-order valence-electron chi connectivity index (χ1n) is 18.7. The van der Waals surface area contributed by atoms with Gasteiger partial charge in [0, 0.05) is 72.5 Å². The van der Waals surface area contributed by atoms with E-state index in [-0.39, 0.29) is 95.9 Å². The molecule has 0 atom stereocenters. The van der Waals surface area contributed by atoms with Gasteiger partial charge >= 0.3 is 41.5 Å². The van der Waals surface area contributed by atoms with Crippen LogP contribution in [-0.2, 0) is 49.1 Å². The third-order valence-electron chi connectivity index (χ3n) is 10.4. The fourth-order valence-electron chi connectivity index (χ4n) is 8.40. The number of hydrogen-bond donors (Lipinski definition) is 1. The molecule has 0 amide bonds. The Morgan fingerprint density at radius 1 is 0.556 bits per heavy atom. The Morgan fingerprint density at radius 2 is 0.841 bits per heavy atom. The molecule has 4 aromatic carbocycles. The Labute approximate surface area is 425 Å². The molecule has 4 aromatic rings. The standard InChI is InChI=1S/C20H14Br2O2.C14H6Br2O2.C9H14O5.C2H4O2.ClH.Na.H2O/c21-11-1-3-15-16-4-2-12(22)6-18(16)20-9-13(23)7-19(20,17(15)5-11)8-14(24)10-20;15-7-1-3-9-10-4-2-8(16)6-12(10)14(18)13(17)11(9)5-7;1-3-13-8(11)5-7(10)6-9(12)14-4-2;1-2(3)4;;;/h1-6H,7-10H2;1-6H;3-6H2,1-2H3;1H3,(H,3,4);1H;;1H2/q;;;;;+1;/p-1. The number of carboxylic acids is 1. The minimum Gasteiger partial charge on any atom is -0.870 e. The smallest absolute Gasteiger partial charge is 0.870 e. The van der Waals surface area contributed by atoms with Crippen LogP contribution in [0.4, 0.5) is 0 Å². The Bertz CT molecular complexity index is 2290. The molecule has 0 bridgehead atoms. The molecule has 4 aliphatic carbocycles. The van der Waals surface area contributed by atoms with E-state index in [0.29, 0.717) is 36.8 Å². The predicted molar refractivity (Wildman–Crippen MR) is 245 cm³/mol. The number of fused-ring (bicyclic) bond motifs is 6. The van der Waals surface area contributed by atoms with Crippen LogP contribution >= 0.6 is 76.1 Å². The van der Waals surface area contributed by atoms with E-state index in [9.17, 15) is 33.6 Å². The maximum atomic E-state index is 12.6. The summed E-state index contributed by atoms with van der Waals surface area (Å²) in [6, 6.07) is 23.4. The van der Waals surface area contributed by atoms with Crippen LogP contribution in [0.25, 0.3) is 22.3 Å². The largest absolute Gasteiger partial charge is 1.00 e. The molecule has 2 saturated carbocycles. The number of carboxylic acid groups (broad SMARTS) is 1. The molecule has 0 spiro atoms. The Morgan fingerprint density at radius 3 is 1.14 bits per heavy atom. The average Bonchev–Trinajstić information content (AvgIpc) is 3.62. The molecule has 18 heteroatoms. The molecule has 8 rings (SSSR count). The number of carbonyl (C=O) groups excluding carboxylic acids is 7. The van der Waals surface area contributed by atoms with Crippen molar-refractivity contribution in [2.45, 2.75) is 70.1 Å². The number of ether oxygens (including phenoxy) is 2. The van der Waals surface area contributed by atoms with Gasteiger partial charge in [-0.05, 0) is 95.8 Å². The van der Waals surface area contributed by atoms with Crippen molar-refractivity contribution >= 4 is 123 Å². The molecule has 0 saturated heterocycles. The maximum absolute atomic E-state index is 12.6. The quantitative estimate of drug-likeness (QED) is 0.0885. The molecule has 328 valence electrons. The van der Waals surface area contributed by atoms with Crippen LogP contribution < -0.4 is 29.6 Å². The number of carbonyl (C=O) groups is 8. The molecule has 0 unspecified atom stereocenters. The van der Waals surface area contributed by atoms with Crippen molar-refractivity contribution in [3.8, 4) is 22.3 Å². The van der Waals surface area contributed by atoms with Gasteiger partial charge in [-0.2, -0.15) is 0 Å². The van der Waals surface area contributed by atoms with Gasteiger partial charge in [0.05, 0.1) is 13.2 Å². The molecule has 0 aliphatic heterocycles. The van der Waals surface area contributed by atoms with Crippen LogP contribution in [0.1, 0.15) is 91.1 Å². The predicted octanol–water partition coefficient (Wildman–Crippen LogP) is 7.15. The van der Waals surface area contributed by atoms with Crippen LogP contribution in [0.2, 0.25) is 0 Å². The summed E-state index contributed by atoms with van der Waals surface area (Å²) < 4.78 is 12.7. The molecule has 0 radical (unpaired) electrons. The van der Waals surface area contributed by atoms with E-state index in [1.807, 2.05) is 36.4 Å². The molecule has 12 nitrogen and oxygen atoms in total. The summed E-state index contributed by atoms with van der Waals surface area (Å²) in [6.45, 7) is 4.83. The van der Waals surface area contributed by atoms with Gasteiger partial charge in [-0.15, -0.1) is 12.4 Å². The SMILES string of the molecule is CC(=O)O.CCOC(=O)CC(=O)CC(=O)OCC.Cl.O=C1C(=O)c2cc(Br)ccc2-c2ccc(Br)cc21.O=C1CC23CC(=O)CC2(C1)c1cc(Br)ccc1-c1ccc(Br)cc13.[Na+].[OH-]. The molecule has 0 heterocycles. The summed E-state index contributed by atoms with van der Waals surface area (Å²) in [5, 5.41) is 7.42. The third kappa shape index (κ3) is 12.4. The number of hydrogen-bond acceptors (Lipinski definition) is 11. The van der Waals surface area contributed by atoms with Gasteiger partial charge in [0.15, 0.2) is 5.78 Å². The van der Waals surface area contributed by atoms with Gasteiger partial charge in [-0.3, -0.25) is 38.4 Å². The molecular formula is C45H40Br4ClNaO12. The number of halogens is 5. The second-order valence-electron chi connectivity index (χ2n) is 14.4. The second kappa shape index (κ2) is 23.8. The van der Waals surface area contributed by atoms with Crippen molar-refractivity contribution < 1.29 is 88.0 Å². The first-order chi connectivity index (χ1) is 28.4. The molecule has 0 aromatic heterocycles. The van der Waals surface area contributed by atoms with E-state index in [2.05, 4.69) is 97.5 Å². The van der Waals surface area contributed by atoms with E-state index in [1.54, 1.807) is 26.0 Å². The third-order valence-corrected chi connectivity index (χ3v) is 12.4. The zero-order chi connectivity index (χ0) is 44.1. The molecule has 2 fully saturated rings. The second-order valence-corrected chi connectivity index (χ2v) is 18.1. The number of benzene rings is 4. The van der Waals surface area contributed by atoms with Crippen LogP contribution in [-0.4, -0.2) is 70.6 Å². The zero-order valence-electron chi connectivity index (χ0n) is 34.5. The van der Waals surface area contributed by atoms with E-state index in [4.69, 9.17) is 9.90 Å². The summed E-state index contributed by atoms with van der Waals surface area (Å²) >= 11 is 13.8. The maximum Gasteiger partial charge on any atom is 1.00 e. The normalized spacial score (nSPS) is 17.6. The Kier molecular flexibility index (Phi) is 21.2. The number of aliphatic carboxylic acids is 1. The van der Waals surface area contributed by atoms with Crippen LogP contribution in [0, 0.1) is 0 Å². The summed E-state index contributed by atoms with van der Waals surface area (Å²) in [7, 11) is 0. The average molecular weight is 1150 g/mol. The van der Waals surface area contributed by atoms with Gasteiger partial charge in [-0.25, -0.2) is 0 Å². The molecule has 2 N–H and O–H groups in total. The number of Topliss-reactive ketones (excluding diaryl/α,β-unsaturated/α-hetero) is 5. The van der Waals surface area contributed by atoms with Gasteiger partial charge in [0.25, 0.3) is 5.97 Å². The van der Waals surface area contributed by atoms with Gasteiger partial charge < -0.3 is 20.1 Å². The van der Waals surface area contributed by atoms with Crippen molar-refractivity contribution in [2.24, 2.45) is 0 Å². The summed E-state index contributed by atoms with van der Waals surface area (Å²) in [4.78, 5) is 90.9. The first kappa shape index (κ1) is 55.9. The molecular weight excluding hydrogens is 1110 g/mol. The number of ketones is 5. The van der Waals surface area contributed by atoms with Crippen molar-refractivity contribution in [1.29, 1.82) is 0 Å². The zero-order valence-corrected chi connectivity index (χ0v) is 43.6. The van der Waals surface area contributed by atoms with Crippen LogP contribution in [0.3, 0.4) is 0 Å². The summed E-state index contributed by atoms with van der Waals surface area (Å²) in [6.07, 6.45) is 1.18. The van der Waals surface area contributed by atoms with E-state index in [0.717, 1.165) is 35.9 Å². The van der Waals surface area contributed by atoms with Gasteiger partial charge in [0.2, 0.25) is 11.6 Å². The monoisotopic (exact) mass is 1150 g/mol. The fraction of sp³-hybridized carbons (Fsp3) is 0.289. The first-order valence-corrected chi connectivity index (χ1v) is 21.9. The van der Waals surface area contributed by atoms with E-state index < -0.39 is 35.3 Å². The molecule has 63 heavy (non-hydrogen) atoms. The Balaban J connectivity index is 0.000000315. The number of rotatable bonds is 6. The van der Waals surface area contributed by atoms with Crippen LogP contribution in [0.5, 0.6) is 0 Å². The van der Waals surface area contributed by atoms with E-state index in [1.165, 1.54) is 22.3 Å². The summed E-state index contributed by atoms with van der Waals surface area (Å²) in [5.41, 5.74) is 6.49. The van der Waals surface area contributed by atoms with Crippen molar-refractivity contribution in [3.63, 3.8) is 0 Å². The van der Waals surface area contributed by atoms with Gasteiger partial charge in [0.1, 0.15) is 24.4 Å². The fourth-order valence-corrected chi connectivity index (χ4v) is 9.84. The molecule has 4 aliphatic rings. The van der Waals surface area contributed by atoms with Crippen molar-refractivity contribution in [3.05, 3.63) is 113 Å². The van der Waals surface area contributed by atoms with Crippen LogP contribution in [0.15, 0.2) is 90.7 Å². The topological polar surface area (TPSA) is 205 Å². The minimum absolute atomic E-state index is 0. The van der Waals surface area contributed by atoms with Crippen molar-refractivity contribution in [2.75, 3.05) is 13.2 Å². The summed E-state index contributed by atoms with van der Waals surface area (Å²) in [5.74, 6) is -2.87. The van der Waals surface area contributed by atoms with Gasteiger partial charge in [-0.1, -0.05) is 88.0 Å².